The molecule has 0 atom stereocenters. The molecule has 0 saturated carbocycles. The molecule has 300 valence electrons. The third-order valence-electron chi connectivity index (χ3n) is 12.1. The van der Waals surface area contributed by atoms with E-state index in [1.807, 2.05) is 6.20 Å². The van der Waals surface area contributed by atoms with Gasteiger partial charge < -0.3 is 14.5 Å². The standard InChI is InChI=1S/C55H54N4O/c1-53(2,3)40-28-29-56-52(33-40)59-49-25-16-15-24-47(49)48-27-26-45(35-50(48)59)60-46-32-42(54(4,5)6)31-44(34-46)57-36-51(38-18-11-9-12-19-38)58(37-57)43-23-17-22-41(30-43)55(7,8)39-20-13-10-14-21-39/h9-36H,37H2,1-8H3. The van der Waals surface area contributed by atoms with Gasteiger partial charge in [-0.15, -0.1) is 0 Å². The first kappa shape index (κ1) is 38.9. The zero-order chi connectivity index (χ0) is 41.8. The number of rotatable bonds is 8. The summed E-state index contributed by atoms with van der Waals surface area (Å²) in [6, 6.07) is 56.6. The SMILES string of the molecule is CC(C)(C)c1cc(Oc2ccc3c4ccccc4n(-c4cc(C(C)(C)C)ccn4)c3c2)cc(N2C=C(c3ccccc3)N(c3cccc(C(C)(C)c4ccccc4)c3)C2)c1. The lowest BCUT2D eigenvalue weighted by Gasteiger charge is -2.30. The second-order valence-corrected chi connectivity index (χ2v) is 18.7. The van der Waals surface area contributed by atoms with E-state index in [9.17, 15) is 0 Å². The molecule has 0 saturated heterocycles. The molecule has 0 spiro atoms. The maximum atomic E-state index is 6.91. The van der Waals surface area contributed by atoms with Crippen molar-refractivity contribution >= 4 is 38.9 Å². The highest BCUT2D eigenvalue weighted by Gasteiger charge is 2.29. The molecule has 0 bridgehead atoms. The van der Waals surface area contributed by atoms with Crippen LogP contribution in [-0.2, 0) is 16.2 Å². The monoisotopic (exact) mass is 786 g/mol. The number of benzene rings is 6. The van der Waals surface area contributed by atoms with Crippen molar-refractivity contribution in [3.05, 3.63) is 198 Å². The molecule has 3 heterocycles. The maximum Gasteiger partial charge on any atom is 0.137 e. The van der Waals surface area contributed by atoms with Crippen molar-refractivity contribution in [3.8, 4) is 17.3 Å². The van der Waals surface area contributed by atoms with E-state index in [1.54, 1.807) is 0 Å². The van der Waals surface area contributed by atoms with Gasteiger partial charge in [0.2, 0.25) is 0 Å². The van der Waals surface area contributed by atoms with Crippen molar-refractivity contribution in [2.45, 2.75) is 71.6 Å². The van der Waals surface area contributed by atoms with E-state index in [0.717, 1.165) is 50.8 Å². The number of nitrogens with zero attached hydrogens (tertiary/aromatic N) is 4. The van der Waals surface area contributed by atoms with Crippen LogP contribution < -0.4 is 14.5 Å². The molecule has 1 aliphatic heterocycles. The summed E-state index contributed by atoms with van der Waals surface area (Å²) in [5, 5.41) is 2.35. The van der Waals surface area contributed by atoms with E-state index < -0.39 is 0 Å². The van der Waals surface area contributed by atoms with Crippen molar-refractivity contribution in [1.82, 2.24) is 9.55 Å². The first-order valence-corrected chi connectivity index (χ1v) is 21.1. The Morgan fingerprint density at radius 2 is 1.17 bits per heavy atom. The Hall–Kier alpha value is -6.59. The maximum absolute atomic E-state index is 6.91. The largest absolute Gasteiger partial charge is 0.457 e. The number of anilines is 2. The van der Waals surface area contributed by atoms with Crippen molar-refractivity contribution < 1.29 is 4.74 Å². The van der Waals surface area contributed by atoms with Crippen molar-refractivity contribution in [1.29, 1.82) is 0 Å². The lowest BCUT2D eigenvalue weighted by atomic mass is 9.78. The molecule has 1 aliphatic rings. The van der Waals surface area contributed by atoms with E-state index in [4.69, 9.17) is 9.72 Å². The summed E-state index contributed by atoms with van der Waals surface area (Å²) in [7, 11) is 0. The molecular formula is C55H54N4O. The number of pyridine rings is 1. The van der Waals surface area contributed by atoms with Crippen molar-refractivity contribution in [3.63, 3.8) is 0 Å². The van der Waals surface area contributed by atoms with Crippen LogP contribution in [0, 0.1) is 0 Å². The number of ether oxygens (including phenoxy) is 1. The Kier molecular flexibility index (Phi) is 9.66. The van der Waals surface area contributed by atoms with Crippen LogP contribution in [-0.4, -0.2) is 16.2 Å². The van der Waals surface area contributed by atoms with E-state index >= 15 is 0 Å². The smallest absolute Gasteiger partial charge is 0.137 e. The fraction of sp³-hybridized carbons (Fsp3) is 0.218. The summed E-state index contributed by atoms with van der Waals surface area (Å²) in [4.78, 5) is 9.68. The molecule has 9 rings (SSSR count). The summed E-state index contributed by atoms with van der Waals surface area (Å²) in [5.74, 6) is 2.47. The van der Waals surface area contributed by atoms with Crippen LogP contribution in [0.25, 0.3) is 33.3 Å². The summed E-state index contributed by atoms with van der Waals surface area (Å²) >= 11 is 0. The molecule has 0 unspecified atom stereocenters. The van der Waals surface area contributed by atoms with Crippen LogP contribution >= 0.6 is 0 Å². The molecule has 8 aromatic rings. The van der Waals surface area contributed by atoms with Gasteiger partial charge in [0.1, 0.15) is 17.3 Å². The molecule has 6 aromatic carbocycles. The van der Waals surface area contributed by atoms with Crippen LogP contribution in [0.5, 0.6) is 11.5 Å². The van der Waals surface area contributed by atoms with Gasteiger partial charge in [-0.25, -0.2) is 4.98 Å². The molecule has 0 aliphatic carbocycles. The van der Waals surface area contributed by atoms with Gasteiger partial charge >= 0.3 is 0 Å². The zero-order valence-electron chi connectivity index (χ0n) is 36.1. The Morgan fingerprint density at radius 3 is 1.92 bits per heavy atom. The first-order valence-electron chi connectivity index (χ1n) is 21.1. The van der Waals surface area contributed by atoms with Gasteiger partial charge in [-0.05, 0) is 93.2 Å². The van der Waals surface area contributed by atoms with Crippen molar-refractivity contribution in [2.75, 3.05) is 16.5 Å². The van der Waals surface area contributed by atoms with Crippen molar-refractivity contribution in [2.24, 2.45) is 0 Å². The lowest BCUT2D eigenvalue weighted by molar-refractivity contribution is 0.479. The third-order valence-corrected chi connectivity index (χ3v) is 12.1. The number of hydrogen-bond acceptors (Lipinski definition) is 4. The zero-order valence-corrected chi connectivity index (χ0v) is 36.1. The van der Waals surface area contributed by atoms with E-state index in [2.05, 4.69) is 234 Å². The average molecular weight is 787 g/mol. The van der Waals surface area contributed by atoms with Gasteiger partial charge in [0.05, 0.1) is 23.4 Å². The summed E-state index contributed by atoms with van der Waals surface area (Å²) in [6.45, 7) is 18.8. The second kappa shape index (κ2) is 14.9. The minimum absolute atomic E-state index is 0.00670. The summed E-state index contributed by atoms with van der Waals surface area (Å²) in [6.07, 6.45) is 4.22. The Bertz CT molecular complexity index is 2870. The molecule has 60 heavy (non-hydrogen) atoms. The number of para-hydroxylation sites is 1. The van der Waals surface area contributed by atoms with Gasteiger partial charge in [-0.3, -0.25) is 4.57 Å². The van der Waals surface area contributed by atoms with Gasteiger partial charge in [0.25, 0.3) is 0 Å². The van der Waals surface area contributed by atoms with Crippen LogP contribution in [0.3, 0.4) is 0 Å². The molecule has 0 N–H and O–H groups in total. The normalized spacial score (nSPS) is 13.6. The summed E-state index contributed by atoms with van der Waals surface area (Å²) < 4.78 is 9.18. The highest BCUT2D eigenvalue weighted by molar-refractivity contribution is 6.09. The first-order chi connectivity index (χ1) is 28.7. The van der Waals surface area contributed by atoms with Gasteiger partial charge in [0, 0.05) is 52.1 Å². The predicted octanol–water partition coefficient (Wildman–Crippen LogP) is 14.2. The minimum atomic E-state index is -0.162. The van der Waals surface area contributed by atoms with Crippen LogP contribution in [0.1, 0.15) is 83.2 Å². The van der Waals surface area contributed by atoms with Gasteiger partial charge in [-0.2, -0.15) is 0 Å². The van der Waals surface area contributed by atoms with Gasteiger partial charge in [0.15, 0.2) is 0 Å². The third kappa shape index (κ3) is 7.34. The molecular weight excluding hydrogens is 733 g/mol. The van der Waals surface area contributed by atoms with E-state index in [1.165, 1.54) is 33.2 Å². The predicted molar refractivity (Wildman–Crippen MR) is 252 cm³/mol. The molecule has 0 amide bonds. The minimum Gasteiger partial charge on any atom is -0.457 e. The van der Waals surface area contributed by atoms with Crippen LogP contribution in [0.2, 0.25) is 0 Å². The fourth-order valence-corrected chi connectivity index (χ4v) is 8.43. The van der Waals surface area contributed by atoms with Crippen LogP contribution in [0.4, 0.5) is 11.4 Å². The number of fused-ring (bicyclic) bond motifs is 3. The fourth-order valence-electron chi connectivity index (χ4n) is 8.43. The molecule has 5 heteroatoms. The van der Waals surface area contributed by atoms with Crippen LogP contribution in [0.15, 0.2) is 170 Å². The molecule has 2 aromatic heterocycles. The topological polar surface area (TPSA) is 33.5 Å². The number of aromatic nitrogens is 2. The molecule has 0 fully saturated rings. The molecule has 0 radical (unpaired) electrons. The van der Waals surface area contributed by atoms with Gasteiger partial charge in [-0.1, -0.05) is 146 Å². The lowest BCUT2D eigenvalue weighted by Crippen LogP contribution is -2.27. The summed E-state index contributed by atoms with van der Waals surface area (Å²) in [5.41, 5.74) is 11.5. The van der Waals surface area contributed by atoms with E-state index in [0.29, 0.717) is 6.67 Å². The highest BCUT2D eigenvalue weighted by atomic mass is 16.5. The average Bonchev–Trinajstić information content (AvgIpc) is 3.84. The Morgan fingerprint density at radius 1 is 0.500 bits per heavy atom. The van der Waals surface area contributed by atoms with E-state index in [-0.39, 0.29) is 16.2 Å². The Balaban J connectivity index is 1.11. The highest BCUT2D eigenvalue weighted by Crippen LogP contribution is 2.42. The quantitative estimate of drug-likeness (QED) is 0.154. The molecule has 5 nitrogen and oxygen atoms in total. The Labute approximate surface area is 355 Å². The number of hydrogen-bond donors (Lipinski definition) is 0. The second-order valence-electron chi connectivity index (χ2n) is 18.7.